The summed E-state index contributed by atoms with van der Waals surface area (Å²) in [6.45, 7) is 0. The van der Waals surface area contributed by atoms with Crippen LogP contribution in [0.25, 0.3) is 0 Å². The van der Waals surface area contributed by atoms with Crippen LogP contribution in [-0.2, 0) is 0 Å². The van der Waals surface area contributed by atoms with Crippen molar-refractivity contribution < 1.29 is 14.7 Å². The van der Waals surface area contributed by atoms with Crippen molar-refractivity contribution in [3.8, 4) is 0 Å². The Kier molecular flexibility index (Phi) is 4.59. The Balaban J connectivity index is 2.28. The van der Waals surface area contributed by atoms with Crippen LogP contribution in [0.4, 0.5) is 5.69 Å². The lowest BCUT2D eigenvalue weighted by atomic mass is 10.2. The number of aromatic carboxylic acids is 1. The maximum Gasteiger partial charge on any atom is 0.335 e. The number of carbonyl (C=O) groups is 2. The van der Waals surface area contributed by atoms with Gasteiger partial charge in [0.2, 0.25) is 0 Å². The number of carboxylic acid groups (broad SMARTS) is 1. The fourth-order valence-corrected chi connectivity index (χ4v) is 2.38. The number of hydrogen-bond donors (Lipinski definition) is 1. The van der Waals surface area contributed by atoms with Crippen molar-refractivity contribution in [1.29, 1.82) is 0 Å². The first-order chi connectivity index (χ1) is 10.0. The number of anilines is 1. The lowest BCUT2D eigenvalue weighted by Gasteiger charge is -2.18. The number of pyridine rings is 1. The van der Waals surface area contributed by atoms with Crippen LogP contribution in [0, 0.1) is 0 Å². The zero-order valence-corrected chi connectivity index (χ0v) is 12.4. The van der Waals surface area contributed by atoms with Crippen LogP contribution < -0.4 is 4.90 Å². The highest BCUT2D eigenvalue weighted by molar-refractivity contribution is 7.98. The van der Waals surface area contributed by atoms with Crippen molar-refractivity contribution in [2.24, 2.45) is 0 Å². The molecule has 0 radical (unpaired) electrons. The van der Waals surface area contributed by atoms with E-state index in [9.17, 15) is 9.59 Å². The van der Waals surface area contributed by atoms with E-state index < -0.39 is 5.97 Å². The number of amides is 1. The molecule has 0 aliphatic heterocycles. The maximum atomic E-state index is 12.5. The summed E-state index contributed by atoms with van der Waals surface area (Å²) >= 11 is 1.41. The van der Waals surface area contributed by atoms with E-state index in [1.54, 1.807) is 37.5 Å². The molecule has 0 unspecified atom stereocenters. The summed E-state index contributed by atoms with van der Waals surface area (Å²) in [6.07, 6.45) is 3.50. The third kappa shape index (κ3) is 3.22. The monoisotopic (exact) mass is 302 g/mol. The summed E-state index contributed by atoms with van der Waals surface area (Å²) in [5.74, 6) is -1.18. The minimum absolute atomic E-state index is 0.185. The molecule has 6 heteroatoms. The molecule has 1 heterocycles. The van der Waals surface area contributed by atoms with E-state index in [0.29, 0.717) is 16.3 Å². The van der Waals surface area contributed by atoms with E-state index in [1.165, 1.54) is 28.8 Å². The summed E-state index contributed by atoms with van der Waals surface area (Å²) in [4.78, 5) is 29.0. The van der Waals surface area contributed by atoms with Crippen LogP contribution >= 0.6 is 11.8 Å². The Morgan fingerprint density at radius 2 is 1.86 bits per heavy atom. The summed E-state index contributed by atoms with van der Waals surface area (Å²) in [7, 11) is 1.65. The highest BCUT2D eigenvalue weighted by Crippen LogP contribution is 2.21. The normalized spacial score (nSPS) is 10.2. The average Bonchev–Trinajstić information content (AvgIpc) is 2.53. The lowest BCUT2D eigenvalue weighted by Crippen LogP contribution is -2.27. The zero-order valence-electron chi connectivity index (χ0n) is 11.6. The number of hydrogen-bond acceptors (Lipinski definition) is 4. The molecular weight excluding hydrogens is 288 g/mol. The van der Waals surface area contributed by atoms with Gasteiger partial charge in [-0.05, 0) is 42.7 Å². The second-order valence-corrected chi connectivity index (χ2v) is 5.07. The molecule has 2 aromatic rings. The van der Waals surface area contributed by atoms with Gasteiger partial charge in [0.1, 0.15) is 5.03 Å². The summed E-state index contributed by atoms with van der Waals surface area (Å²) in [5, 5.41) is 9.54. The van der Waals surface area contributed by atoms with Crippen molar-refractivity contribution >= 4 is 29.3 Å². The SMILES string of the molecule is CSc1ncccc1C(=O)N(C)c1ccc(C(=O)O)cc1. The molecule has 1 aromatic carbocycles. The molecule has 5 nitrogen and oxygen atoms in total. The van der Waals surface area contributed by atoms with Crippen molar-refractivity contribution in [3.05, 3.63) is 53.7 Å². The Hall–Kier alpha value is -2.34. The Labute approximate surface area is 126 Å². The summed E-state index contributed by atoms with van der Waals surface area (Å²) < 4.78 is 0. The van der Waals surface area contributed by atoms with Crippen LogP contribution in [-0.4, -0.2) is 35.3 Å². The molecule has 0 atom stereocenters. The van der Waals surface area contributed by atoms with Crippen molar-refractivity contribution in [2.45, 2.75) is 5.03 Å². The lowest BCUT2D eigenvalue weighted by molar-refractivity contribution is 0.0696. The van der Waals surface area contributed by atoms with E-state index in [2.05, 4.69) is 4.98 Å². The van der Waals surface area contributed by atoms with Gasteiger partial charge in [-0.2, -0.15) is 0 Å². The van der Waals surface area contributed by atoms with Crippen LogP contribution in [0.3, 0.4) is 0 Å². The number of carbonyl (C=O) groups excluding carboxylic acids is 1. The third-order valence-corrected chi connectivity index (χ3v) is 3.71. The van der Waals surface area contributed by atoms with Gasteiger partial charge in [0, 0.05) is 18.9 Å². The van der Waals surface area contributed by atoms with E-state index in [4.69, 9.17) is 5.11 Å². The van der Waals surface area contributed by atoms with Gasteiger partial charge in [-0.15, -0.1) is 11.8 Å². The van der Waals surface area contributed by atoms with Crippen LogP contribution in [0.1, 0.15) is 20.7 Å². The second-order valence-electron chi connectivity index (χ2n) is 4.28. The van der Waals surface area contributed by atoms with Crippen molar-refractivity contribution in [3.63, 3.8) is 0 Å². The number of rotatable bonds is 4. The van der Waals surface area contributed by atoms with Gasteiger partial charge in [0.25, 0.3) is 5.91 Å². The molecule has 1 aromatic heterocycles. The summed E-state index contributed by atoms with van der Waals surface area (Å²) in [6, 6.07) is 9.60. The fraction of sp³-hybridized carbons (Fsp3) is 0.133. The molecule has 0 aliphatic rings. The summed E-state index contributed by atoms with van der Waals surface area (Å²) in [5.41, 5.74) is 1.33. The van der Waals surface area contributed by atoms with E-state index in [0.717, 1.165) is 0 Å². The van der Waals surface area contributed by atoms with Gasteiger partial charge in [-0.1, -0.05) is 0 Å². The van der Waals surface area contributed by atoms with Crippen LogP contribution in [0.5, 0.6) is 0 Å². The number of benzene rings is 1. The van der Waals surface area contributed by atoms with Crippen LogP contribution in [0.2, 0.25) is 0 Å². The fourth-order valence-electron chi connectivity index (χ4n) is 1.84. The van der Waals surface area contributed by atoms with E-state index >= 15 is 0 Å². The topological polar surface area (TPSA) is 70.5 Å². The second kappa shape index (κ2) is 6.41. The highest BCUT2D eigenvalue weighted by Gasteiger charge is 2.17. The van der Waals surface area contributed by atoms with Gasteiger partial charge in [-0.3, -0.25) is 4.79 Å². The first-order valence-electron chi connectivity index (χ1n) is 6.15. The molecule has 2 rings (SSSR count). The van der Waals surface area contributed by atoms with Gasteiger partial charge in [0.05, 0.1) is 11.1 Å². The molecule has 1 N–H and O–H groups in total. The minimum Gasteiger partial charge on any atom is -0.478 e. The van der Waals surface area contributed by atoms with Gasteiger partial charge < -0.3 is 10.0 Å². The number of thioether (sulfide) groups is 1. The standard InChI is InChI=1S/C15H14N2O3S/c1-17(11-7-5-10(6-8-11)15(19)20)14(18)12-4-3-9-16-13(12)21-2/h3-9H,1-2H3,(H,19,20). The number of aromatic nitrogens is 1. The molecule has 0 aliphatic carbocycles. The molecule has 108 valence electrons. The molecular formula is C15H14N2O3S. The molecule has 21 heavy (non-hydrogen) atoms. The van der Waals surface area contributed by atoms with E-state index in [-0.39, 0.29) is 11.5 Å². The highest BCUT2D eigenvalue weighted by atomic mass is 32.2. The molecule has 0 fully saturated rings. The van der Waals surface area contributed by atoms with Gasteiger partial charge in [0.15, 0.2) is 0 Å². The number of carboxylic acids is 1. The van der Waals surface area contributed by atoms with Crippen LogP contribution in [0.15, 0.2) is 47.6 Å². The Morgan fingerprint density at radius 1 is 1.19 bits per heavy atom. The molecule has 0 saturated heterocycles. The van der Waals surface area contributed by atoms with Crippen molar-refractivity contribution in [2.75, 3.05) is 18.2 Å². The number of nitrogens with zero attached hydrogens (tertiary/aromatic N) is 2. The quantitative estimate of drug-likeness (QED) is 0.879. The Bertz CT molecular complexity index is 671. The molecule has 1 amide bonds. The zero-order chi connectivity index (χ0) is 15.4. The average molecular weight is 302 g/mol. The first-order valence-corrected chi connectivity index (χ1v) is 7.37. The molecule has 0 bridgehead atoms. The molecule has 0 saturated carbocycles. The first kappa shape index (κ1) is 15.1. The minimum atomic E-state index is -0.993. The Morgan fingerprint density at radius 3 is 2.43 bits per heavy atom. The largest absolute Gasteiger partial charge is 0.478 e. The predicted molar refractivity (Wildman–Crippen MR) is 82.2 cm³/mol. The van der Waals surface area contributed by atoms with Crippen molar-refractivity contribution in [1.82, 2.24) is 4.98 Å². The third-order valence-electron chi connectivity index (χ3n) is 3.00. The maximum absolute atomic E-state index is 12.5. The van der Waals surface area contributed by atoms with Gasteiger partial charge >= 0.3 is 5.97 Å². The van der Waals surface area contributed by atoms with Gasteiger partial charge in [-0.25, -0.2) is 9.78 Å². The molecule has 0 spiro atoms. The smallest absolute Gasteiger partial charge is 0.335 e. The predicted octanol–water partition coefficient (Wildman–Crippen LogP) is 2.78. The van der Waals surface area contributed by atoms with E-state index in [1.807, 2.05) is 6.26 Å².